The number of methoxy groups -OCH3 is 2. The Labute approximate surface area is 216 Å². The van der Waals surface area contributed by atoms with Crippen molar-refractivity contribution in [3.05, 3.63) is 100.0 Å². The normalized spacial score (nSPS) is 15.2. The van der Waals surface area contributed by atoms with Crippen molar-refractivity contribution in [3.8, 4) is 17.6 Å². The molecule has 5 rings (SSSR count). The summed E-state index contributed by atoms with van der Waals surface area (Å²) in [5, 5.41) is 21.2. The Kier molecular flexibility index (Phi) is 6.07. The minimum absolute atomic E-state index is 0.0567. The average molecular weight is 515 g/mol. The van der Waals surface area contributed by atoms with Crippen LogP contribution in [0, 0.1) is 11.3 Å². The Morgan fingerprint density at radius 1 is 1.03 bits per heavy atom. The van der Waals surface area contributed by atoms with E-state index in [1.54, 1.807) is 60.7 Å². The second-order valence-corrected chi connectivity index (χ2v) is 8.67. The molecule has 1 aromatic heterocycles. The molecule has 0 fully saturated rings. The summed E-state index contributed by atoms with van der Waals surface area (Å²) in [6, 6.07) is 18.7. The number of nitrogens with zero attached hydrogens (tertiary/aromatic N) is 2. The zero-order chi connectivity index (χ0) is 26.3. The number of halogens is 1. The maximum atomic E-state index is 13.8. The lowest BCUT2D eigenvalue weighted by Gasteiger charge is -2.27. The number of nitriles is 1. The van der Waals surface area contributed by atoms with Gasteiger partial charge < -0.3 is 19.0 Å². The van der Waals surface area contributed by atoms with Gasteiger partial charge >= 0.3 is 0 Å². The molecule has 0 saturated carbocycles. The van der Waals surface area contributed by atoms with Gasteiger partial charge in [0.2, 0.25) is 5.78 Å². The molecule has 2 heterocycles. The number of amides is 1. The first kappa shape index (κ1) is 24.0. The van der Waals surface area contributed by atoms with E-state index in [0.29, 0.717) is 44.3 Å². The molecule has 1 aliphatic heterocycles. The highest BCUT2D eigenvalue weighted by Gasteiger charge is 2.45. The largest absolute Gasteiger partial charge is 0.503 e. The molecule has 1 N–H and O–H groups in total. The predicted molar refractivity (Wildman–Crippen MR) is 136 cm³/mol. The number of aliphatic hydroxyl groups excluding tert-OH is 1. The van der Waals surface area contributed by atoms with Crippen molar-refractivity contribution >= 4 is 39.9 Å². The summed E-state index contributed by atoms with van der Waals surface area (Å²) < 4.78 is 16.5. The molecule has 0 bridgehead atoms. The van der Waals surface area contributed by atoms with Gasteiger partial charge in [-0.15, -0.1) is 0 Å². The lowest BCUT2D eigenvalue weighted by atomic mass is 9.94. The summed E-state index contributed by atoms with van der Waals surface area (Å²) in [5.41, 5.74) is 1.54. The molecule has 0 radical (unpaired) electrons. The van der Waals surface area contributed by atoms with Crippen LogP contribution in [0.1, 0.15) is 27.7 Å². The molecule has 4 aromatic rings. The molecule has 8 nitrogen and oxygen atoms in total. The zero-order valence-electron chi connectivity index (χ0n) is 19.7. The maximum Gasteiger partial charge on any atom is 0.294 e. The number of hydrogen-bond acceptors (Lipinski definition) is 7. The lowest BCUT2D eigenvalue weighted by Crippen LogP contribution is -2.31. The van der Waals surface area contributed by atoms with Crippen molar-refractivity contribution in [2.75, 3.05) is 19.1 Å². The Hall–Kier alpha value is -4.74. The second kappa shape index (κ2) is 9.37. The van der Waals surface area contributed by atoms with Crippen LogP contribution < -0.4 is 14.4 Å². The Morgan fingerprint density at radius 3 is 2.43 bits per heavy atom. The molecular weight excluding hydrogens is 496 g/mol. The molecule has 0 spiro atoms. The first-order chi connectivity index (χ1) is 17.9. The van der Waals surface area contributed by atoms with Crippen LogP contribution in [-0.4, -0.2) is 31.0 Å². The van der Waals surface area contributed by atoms with Gasteiger partial charge in [0.1, 0.15) is 5.58 Å². The zero-order valence-corrected chi connectivity index (χ0v) is 20.4. The van der Waals surface area contributed by atoms with E-state index in [-0.39, 0.29) is 11.3 Å². The summed E-state index contributed by atoms with van der Waals surface area (Å²) >= 11 is 6.07. The van der Waals surface area contributed by atoms with E-state index in [1.165, 1.54) is 25.2 Å². The van der Waals surface area contributed by atoms with Crippen LogP contribution in [0.15, 0.2) is 82.5 Å². The van der Waals surface area contributed by atoms with Crippen LogP contribution in [0.5, 0.6) is 11.5 Å². The molecular formula is C28H19ClN2O6. The number of aliphatic hydroxyl groups is 1. The van der Waals surface area contributed by atoms with Crippen molar-refractivity contribution in [2.24, 2.45) is 0 Å². The topological polar surface area (TPSA) is 113 Å². The van der Waals surface area contributed by atoms with Gasteiger partial charge in [-0.25, -0.2) is 0 Å². The summed E-state index contributed by atoms with van der Waals surface area (Å²) in [6.07, 6.45) is 0. The Bertz CT molecular complexity index is 1630. The number of rotatable bonds is 6. The number of carbonyl (C=O) groups is 2. The van der Waals surface area contributed by atoms with E-state index in [0.717, 1.165) is 0 Å². The number of furan rings is 1. The predicted octanol–water partition coefficient (Wildman–Crippen LogP) is 5.76. The second-order valence-electron chi connectivity index (χ2n) is 8.23. The van der Waals surface area contributed by atoms with E-state index in [9.17, 15) is 20.0 Å². The van der Waals surface area contributed by atoms with Crippen LogP contribution in [0.3, 0.4) is 0 Å². The standard InChI is InChI=1S/C28H19ClN2O6/c1-35-21-9-5-16(12-22(21)36-2)25-24(26(32)23-13-17-11-18(29)6-10-20(17)37-23)27(33)28(34)31(25)19-7-3-15(14-30)4-8-19/h3-13,25,33H,1-2H3. The SMILES string of the molecule is COc1ccc(C2C(C(=O)c3cc4cc(Cl)ccc4o3)=C(O)C(=O)N2c2ccc(C#N)cc2)cc1OC. The highest BCUT2D eigenvalue weighted by Crippen LogP contribution is 2.44. The fourth-order valence-electron chi connectivity index (χ4n) is 4.40. The first-order valence-electron chi connectivity index (χ1n) is 11.1. The molecule has 1 aliphatic rings. The van der Waals surface area contributed by atoms with Crippen LogP contribution in [0.25, 0.3) is 11.0 Å². The summed E-state index contributed by atoms with van der Waals surface area (Å²) in [4.78, 5) is 28.5. The van der Waals surface area contributed by atoms with Crippen molar-refractivity contribution in [1.82, 2.24) is 0 Å². The highest BCUT2D eigenvalue weighted by atomic mass is 35.5. The third-order valence-electron chi connectivity index (χ3n) is 6.15. The maximum absolute atomic E-state index is 13.8. The fraction of sp³-hybridized carbons (Fsp3) is 0.107. The minimum Gasteiger partial charge on any atom is -0.503 e. The summed E-state index contributed by atoms with van der Waals surface area (Å²) in [7, 11) is 2.97. The molecule has 37 heavy (non-hydrogen) atoms. The Morgan fingerprint density at radius 2 is 1.76 bits per heavy atom. The summed E-state index contributed by atoms with van der Waals surface area (Å²) in [6.45, 7) is 0. The van der Waals surface area contributed by atoms with E-state index in [1.807, 2.05) is 6.07 Å². The number of benzene rings is 3. The summed E-state index contributed by atoms with van der Waals surface area (Å²) in [5.74, 6) is -1.35. The van der Waals surface area contributed by atoms with Gasteiger partial charge in [0.25, 0.3) is 5.91 Å². The minimum atomic E-state index is -1.02. The van der Waals surface area contributed by atoms with Gasteiger partial charge in [-0.3, -0.25) is 14.5 Å². The van der Waals surface area contributed by atoms with Crippen molar-refractivity contribution in [3.63, 3.8) is 0 Å². The van der Waals surface area contributed by atoms with Gasteiger partial charge in [-0.05, 0) is 66.2 Å². The molecule has 1 amide bonds. The van der Waals surface area contributed by atoms with Crippen LogP contribution in [0.4, 0.5) is 5.69 Å². The number of ether oxygens (including phenoxy) is 2. The fourth-order valence-corrected chi connectivity index (χ4v) is 4.58. The first-order valence-corrected chi connectivity index (χ1v) is 11.5. The number of anilines is 1. The van der Waals surface area contributed by atoms with Gasteiger partial charge in [0, 0.05) is 16.1 Å². The van der Waals surface area contributed by atoms with E-state index in [2.05, 4.69) is 0 Å². The third kappa shape index (κ3) is 4.05. The number of Topliss-reactive ketones (excluding diaryl/α,β-unsaturated/α-hetero) is 1. The van der Waals surface area contributed by atoms with Gasteiger partial charge in [0.15, 0.2) is 23.0 Å². The molecule has 9 heteroatoms. The van der Waals surface area contributed by atoms with E-state index < -0.39 is 23.5 Å². The Balaban J connectivity index is 1.67. The lowest BCUT2D eigenvalue weighted by molar-refractivity contribution is -0.117. The molecule has 1 unspecified atom stereocenters. The molecule has 184 valence electrons. The van der Waals surface area contributed by atoms with Crippen LogP contribution in [-0.2, 0) is 4.79 Å². The van der Waals surface area contributed by atoms with Gasteiger partial charge in [-0.1, -0.05) is 17.7 Å². The van der Waals surface area contributed by atoms with Crippen molar-refractivity contribution in [1.29, 1.82) is 5.26 Å². The monoisotopic (exact) mass is 514 g/mol. The van der Waals surface area contributed by atoms with Crippen molar-refractivity contribution in [2.45, 2.75) is 6.04 Å². The highest BCUT2D eigenvalue weighted by molar-refractivity contribution is 6.31. The molecule has 0 saturated heterocycles. The number of fused-ring (bicyclic) bond motifs is 1. The van der Waals surface area contributed by atoms with Crippen LogP contribution >= 0.6 is 11.6 Å². The quantitative estimate of drug-likeness (QED) is 0.325. The number of carbonyl (C=O) groups excluding carboxylic acids is 2. The molecule has 3 aromatic carbocycles. The third-order valence-corrected chi connectivity index (χ3v) is 6.39. The number of ketones is 1. The van der Waals surface area contributed by atoms with Gasteiger partial charge in [-0.2, -0.15) is 5.26 Å². The number of hydrogen-bond donors (Lipinski definition) is 1. The van der Waals surface area contributed by atoms with E-state index in [4.69, 9.17) is 25.5 Å². The van der Waals surface area contributed by atoms with E-state index >= 15 is 0 Å². The van der Waals surface area contributed by atoms with Crippen molar-refractivity contribution < 1.29 is 28.6 Å². The molecule has 1 atom stereocenters. The van der Waals surface area contributed by atoms with Crippen LogP contribution in [0.2, 0.25) is 5.02 Å². The smallest absolute Gasteiger partial charge is 0.294 e. The van der Waals surface area contributed by atoms with Gasteiger partial charge in [0.05, 0.1) is 37.5 Å². The molecule has 0 aliphatic carbocycles. The average Bonchev–Trinajstić information content (AvgIpc) is 3.46.